The summed E-state index contributed by atoms with van der Waals surface area (Å²) in [4.78, 5) is 0. The van der Waals surface area contributed by atoms with Crippen molar-refractivity contribution in [1.29, 1.82) is 10.5 Å². The van der Waals surface area contributed by atoms with Crippen LogP contribution in [0.15, 0.2) is 60.7 Å². The zero-order valence-corrected chi connectivity index (χ0v) is 28.2. The van der Waals surface area contributed by atoms with E-state index in [4.69, 9.17) is 5.26 Å². The van der Waals surface area contributed by atoms with Gasteiger partial charge in [-0.1, -0.05) is 0 Å². The molecule has 8 unspecified atom stereocenters. The Bertz CT molecular complexity index is 1270. The van der Waals surface area contributed by atoms with Gasteiger partial charge in [-0.3, -0.25) is 0 Å². The average Bonchev–Trinajstić information content (AvgIpc) is 3.04. The van der Waals surface area contributed by atoms with Gasteiger partial charge in [0.15, 0.2) is 0 Å². The van der Waals surface area contributed by atoms with Crippen LogP contribution < -0.4 is 0 Å². The Morgan fingerprint density at radius 2 is 0.909 bits per heavy atom. The number of nitrogens with zero attached hydrogens (tertiary/aromatic N) is 2. The fourth-order valence-corrected chi connectivity index (χ4v) is 39.1. The Labute approximate surface area is 261 Å². The normalized spacial score (nSPS) is 36.0. The maximum absolute atomic E-state index is 12.2. The molecule has 8 atom stereocenters. The van der Waals surface area contributed by atoms with Crippen molar-refractivity contribution in [1.82, 2.24) is 0 Å². The van der Waals surface area contributed by atoms with Crippen molar-refractivity contribution in [3.05, 3.63) is 71.8 Å². The number of nitriles is 2. The van der Waals surface area contributed by atoms with Gasteiger partial charge in [-0.25, -0.2) is 0 Å². The first-order valence-electron chi connectivity index (χ1n) is 14.9. The molecular formula is C30H44N2O8P4. The standard InChI is InChI=1S/C30H44N2O8P4/c31-15-7-17-41-23(33)27(37)43(19-8-16-32,28(38)24(41)34)44(20-14-22-11-5-2-6-12-22)29(39)25(35)42(26(36)30(44)40)18-13-21-9-3-1-4-10-21/h1-6,9-12,23-30,33-40,43-44H,7-8,13-14,17-20H2. The van der Waals surface area contributed by atoms with Crippen molar-refractivity contribution < 1.29 is 40.9 Å². The third-order valence-electron chi connectivity index (χ3n) is 9.77. The number of hydrogen-bond acceptors (Lipinski definition) is 10. The number of aryl methyl sites for hydroxylation is 2. The van der Waals surface area contributed by atoms with Gasteiger partial charge >= 0.3 is 262 Å². The van der Waals surface area contributed by atoms with Gasteiger partial charge in [-0.05, 0) is 0 Å². The van der Waals surface area contributed by atoms with Crippen LogP contribution in [-0.2, 0) is 12.8 Å². The predicted molar refractivity (Wildman–Crippen MR) is 179 cm³/mol. The van der Waals surface area contributed by atoms with Crippen LogP contribution >= 0.6 is 29.7 Å². The van der Waals surface area contributed by atoms with Crippen LogP contribution in [0.3, 0.4) is 0 Å². The van der Waals surface area contributed by atoms with Gasteiger partial charge in [0.25, 0.3) is 0 Å². The molecular weight excluding hydrogens is 640 g/mol. The molecule has 0 bridgehead atoms. The first kappa shape index (κ1) is 35.7. The molecule has 2 aliphatic rings. The van der Waals surface area contributed by atoms with Gasteiger partial charge < -0.3 is 0 Å². The molecule has 44 heavy (non-hydrogen) atoms. The number of rotatable bonds is 11. The summed E-state index contributed by atoms with van der Waals surface area (Å²) in [6.45, 7) is -8.36. The molecule has 2 aromatic carbocycles. The van der Waals surface area contributed by atoms with Crippen LogP contribution in [-0.4, -0.2) is 112 Å². The molecule has 0 radical (unpaired) electrons. The Morgan fingerprint density at radius 3 is 1.34 bits per heavy atom. The molecule has 2 aromatic rings. The molecule has 4 rings (SSSR count). The van der Waals surface area contributed by atoms with E-state index in [0.29, 0.717) is 12.6 Å². The van der Waals surface area contributed by atoms with Crippen molar-refractivity contribution in [2.24, 2.45) is 0 Å². The molecule has 2 aliphatic heterocycles. The molecule has 2 heterocycles. The SMILES string of the molecule is N#CCCP1C(O)C(O)[PH](CCC#N)([PH]2(CCc3ccccc3)C(O)C(O)P(CCc3ccccc3)C(O)C2O)C(O)C1O. The summed E-state index contributed by atoms with van der Waals surface area (Å²) in [5.74, 6) is -12.6. The third kappa shape index (κ3) is 6.50. The quantitative estimate of drug-likeness (QED) is 0.162. The molecule has 0 aromatic heterocycles. The first-order valence-corrected chi connectivity index (χ1v) is 23.9. The van der Waals surface area contributed by atoms with Crippen molar-refractivity contribution in [3.63, 3.8) is 0 Å². The first-order chi connectivity index (χ1) is 21.1. The van der Waals surface area contributed by atoms with Gasteiger partial charge in [0.2, 0.25) is 0 Å². The second-order valence-corrected chi connectivity index (χ2v) is 30.0. The molecule has 0 amide bonds. The zero-order valence-electron chi connectivity index (χ0n) is 24.4. The van der Waals surface area contributed by atoms with E-state index in [1.54, 1.807) is 0 Å². The number of benzene rings is 2. The molecule has 0 aliphatic carbocycles. The maximum atomic E-state index is 12.2. The van der Waals surface area contributed by atoms with Crippen LogP contribution in [0, 0.1) is 22.7 Å². The van der Waals surface area contributed by atoms with Crippen molar-refractivity contribution in [3.8, 4) is 12.1 Å². The van der Waals surface area contributed by atoms with E-state index < -0.39 is 76.5 Å². The molecule has 8 N–H and O–H groups in total. The second-order valence-electron chi connectivity index (χ2n) is 11.8. The van der Waals surface area contributed by atoms with Gasteiger partial charge in [0.05, 0.1) is 0 Å². The summed E-state index contributed by atoms with van der Waals surface area (Å²) in [7, 11) is -3.62. The molecule has 2 saturated heterocycles. The van der Waals surface area contributed by atoms with Crippen molar-refractivity contribution in [2.45, 2.75) is 72.4 Å². The van der Waals surface area contributed by atoms with Gasteiger partial charge in [0, 0.05) is 0 Å². The molecule has 2 fully saturated rings. The summed E-state index contributed by atoms with van der Waals surface area (Å²) in [5, 5.41) is 114. The Morgan fingerprint density at radius 1 is 0.523 bits per heavy atom. The van der Waals surface area contributed by atoms with E-state index in [1.807, 2.05) is 72.8 Å². The number of aliphatic hydroxyl groups is 8. The summed E-state index contributed by atoms with van der Waals surface area (Å²) in [6.07, 6.45) is 0.808. The van der Waals surface area contributed by atoms with Crippen molar-refractivity contribution >= 4 is 29.7 Å². The molecule has 14 heteroatoms. The zero-order chi connectivity index (χ0) is 32.1. The van der Waals surface area contributed by atoms with Crippen LogP contribution in [0.4, 0.5) is 0 Å². The summed E-state index contributed by atoms with van der Waals surface area (Å²) < 4.78 is 0. The minimum atomic E-state index is -4.20. The van der Waals surface area contributed by atoms with E-state index in [1.165, 1.54) is 0 Å². The van der Waals surface area contributed by atoms with Crippen LogP contribution in [0.2, 0.25) is 0 Å². The summed E-state index contributed by atoms with van der Waals surface area (Å²) in [6, 6.07) is 22.6. The Balaban J connectivity index is 1.84. The Hall–Kier alpha value is -1.18. The summed E-state index contributed by atoms with van der Waals surface area (Å²) in [5.41, 5.74) is 1.80. The second kappa shape index (κ2) is 15.6. The molecule has 10 nitrogen and oxygen atoms in total. The van der Waals surface area contributed by atoms with Crippen molar-refractivity contribution in [2.75, 3.05) is 24.6 Å². The van der Waals surface area contributed by atoms with Crippen LogP contribution in [0.25, 0.3) is 0 Å². The van der Waals surface area contributed by atoms with Crippen LogP contribution in [0.5, 0.6) is 0 Å². The topological polar surface area (TPSA) is 209 Å². The van der Waals surface area contributed by atoms with E-state index in [2.05, 4.69) is 0 Å². The Kier molecular flexibility index (Phi) is 12.7. The number of hydrogen-bond donors (Lipinski definition) is 8. The van der Waals surface area contributed by atoms with Crippen LogP contribution in [0.1, 0.15) is 24.0 Å². The fourth-order valence-electron chi connectivity index (χ4n) is 7.48. The number of aliphatic hydroxyl groups excluding tert-OH is 8. The van der Waals surface area contributed by atoms with E-state index in [0.717, 1.165) is 11.1 Å². The monoisotopic (exact) mass is 684 g/mol. The fraction of sp³-hybridized carbons (Fsp3) is 0.533. The summed E-state index contributed by atoms with van der Waals surface area (Å²) >= 11 is 0. The molecule has 0 spiro atoms. The minimum absolute atomic E-state index is 0.0169. The third-order valence-corrected chi connectivity index (χ3v) is 35.8. The van der Waals surface area contributed by atoms with Gasteiger partial charge in [-0.2, -0.15) is 0 Å². The van der Waals surface area contributed by atoms with Gasteiger partial charge in [0.1, 0.15) is 0 Å². The van der Waals surface area contributed by atoms with E-state index >= 15 is 0 Å². The molecule has 0 saturated carbocycles. The van der Waals surface area contributed by atoms with Gasteiger partial charge in [-0.15, -0.1) is 0 Å². The van der Waals surface area contributed by atoms with E-state index in [-0.39, 0.29) is 37.7 Å². The predicted octanol–water partition coefficient (Wildman–Crippen LogP) is 2.25. The average molecular weight is 685 g/mol. The molecule has 242 valence electrons. The van der Waals surface area contributed by atoms with E-state index in [9.17, 15) is 46.1 Å².